The van der Waals surface area contributed by atoms with E-state index in [4.69, 9.17) is 9.72 Å². The number of aryl methyl sites for hydroxylation is 1. The van der Waals surface area contributed by atoms with E-state index >= 15 is 0 Å². The van der Waals surface area contributed by atoms with Gasteiger partial charge < -0.3 is 10.1 Å². The molecule has 0 aromatic carbocycles. The Morgan fingerprint density at radius 2 is 2.12 bits per heavy atom. The first-order chi connectivity index (χ1) is 8.22. The zero-order valence-electron chi connectivity index (χ0n) is 10.9. The summed E-state index contributed by atoms with van der Waals surface area (Å²) in [5.74, 6) is 1.43. The summed E-state index contributed by atoms with van der Waals surface area (Å²) in [6.07, 6.45) is 1.89. The van der Waals surface area contributed by atoms with Gasteiger partial charge in [-0.2, -0.15) is 0 Å². The van der Waals surface area contributed by atoms with E-state index in [0.29, 0.717) is 5.92 Å². The van der Waals surface area contributed by atoms with Gasteiger partial charge in [-0.15, -0.1) is 0 Å². The van der Waals surface area contributed by atoms with Gasteiger partial charge in [0.05, 0.1) is 11.4 Å². The van der Waals surface area contributed by atoms with Crippen molar-refractivity contribution in [1.82, 2.24) is 15.3 Å². The van der Waals surface area contributed by atoms with Gasteiger partial charge in [0.15, 0.2) is 0 Å². The molecule has 0 bridgehead atoms. The Labute approximate surface area is 103 Å². The van der Waals surface area contributed by atoms with Gasteiger partial charge in [0.25, 0.3) is 0 Å². The number of nitrogens with one attached hydrogen (secondary N) is 1. The number of fused-ring (bicyclic) bond motifs is 1. The number of aromatic nitrogens is 2. The largest absolute Gasteiger partial charge is 0.385 e. The van der Waals surface area contributed by atoms with Gasteiger partial charge in [0, 0.05) is 38.8 Å². The van der Waals surface area contributed by atoms with Crippen LogP contribution in [0.4, 0.5) is 0 Å². The monoisotopic (exact) mass is 235 g/mol. The Bertz CT molecular complexity index is 390. The van der Waals surface area contributed by atoms with Crippen LogP contribution in [0.5, 0.6) is 0 Å². The molecule has 2 rings (SSSR count). The summed E-state index contributed by atoms with van der Waals surface area (Å²) in [6.45, 7) is 6.96. The van der Waals surface area contributed by atoms with E-state index in [1.54, 1.807) is 7.11 Å². The van der Waals surface area contributed by atoms with Crippen molar-refractivity contribution in [3.8, 4) is 0 Å². The quantitative estimate of drug-likeness (QED) is 0.790. The molecule has 0 fully saturated rings. The van der Waals surface area contributed by atoms with E-state index in [0.717, 1.165) is 38.4 Å². The first kappa shape index (κ1) is 12.5. The molecule has 1 aromatic rings. The molecule has 0 unspecified atom stereocenters. The van der Waals surface area contributed by atoms with Gasteiger partial charge in [-0.05, 0) is 12.3 Å². The molecular weight excluding hydrogens is 214 g/mol. The van der Waals surface area contributed by atoms with Crippen molar-refractivity contribution < 1.29 is 4.74 Å². The van der Waals surface area contributed by atoms with E-state index in [9.17, 15) is 0 Å². The highest BCUT2D eigenvalue weighted by Crippen LogP contribution is 2.23. The summed E-state index contributed by atoms with van der Waals surface area (Å²) in [5.41, 5.74) is 3.72. The molecule has 1 aliphatic heterocycles. The predicted molar refractivity (Wildman–Crippen MR) is 66.9 cm³/mol. The molecule has 0 radical (unpaired) electrons. The minimum absolute atomic E-state index is 0.466. The van der Waals surface area contributed by atoms with E-state index in [1.807, 2.05) is 0 Å². The molecule has 0 atom stereocenters. The van der Waals surface area contributed by atoms with Gasteiger partial charge in [0.2, 0.25) is 0 Å². The summed E-state index contributed by atoms with van der Waals surface area (Å²) in [6, 6.07) is 0. The van der Waals surface area contributed by atoms with Crippen LogP contribution in [0.25, 0.3) is 0 Å². The van der Waals surface area contributed by atoms with Crippen molar-refractivity contribution in [1.29, 1.82) is 0 Å². The lowest BCUT2D eigenvalue weighted by Crippen LogP contribution is -2.08. The molecule has 94 valence electrons. The second-order valence-electron chi connectivity index (χ2n) is 4.80. The number of ether oxygens (including phenoxy) is 1. The van der Waals surface area contributed by atoms with Crippen LogP contribution in [-0.2, 0) is 24.2 Å². The first-order valence-corrected chi connectivity index (χ1v) is 6.30. The van der Waals surface area contributed by atoms with Crippen LogP contribution in [0.1, 0.15) is 49.0 Å². The molecule has 0 aliphatic carbocycles. The normalized spacial score (nSPS) is 14.4. The molecule has 0 saturated heterocycles. The molecular formula is C13H21N3O. The molecule has 4 nitrogen and oxygen atoms in total. The Kier molecular flexibility index (Phi) is 4.07. The third kappa shape index (κ3) is 2.82. The Morgan fingerprint density at radius 3 is 2.82 bits per heavy atom. The van der Waals surface area contributed by atoms with Crippen molar-refractivity contribution in [3.05, 3.63) is 22.8 Å². The van der Waals surface area contributed by atoms with Gasteiger partial charge in [0.1, 0.15) is 5.82 Å². The fraction of sp³-hybridized carbons (Fsp3) is 0.692. The van der Waals surface area contributed by atoms with Gasteiger partial charge >= 0.3 is 0 Å². The summed E-state index contributed by atoms with van der Waals surface area (Å²) < 4.78 is 5.07. The average Bonchev–Trinajstić information content (AvgIpc) is 2.76. The predicted octanol–water partition coefficient (Wildman–Crippen LogP) is 1.78. The number of hydrogen-bond acceptors (Lipinski definition) is 4. The first-order valence-electron chi connectivity index (χ1n) is 6.30. The van der Waals surface area contributed by atoms with E-state index in [2.05, 4.69) is 24.1 Å². The smallest absolute Gasteiger partial charge is 0.129 e. The minimum Gasteiger partial charge on any atom is -0.385 e. The minimum atomic E-state index is 0.466. The summed E-state index contributed by atoms with van der Waals surface area (Å²) in [7, 11) is 1.73. The van der Waals surface area contributed by atoms with Crippen LogP contribution in [-0.4, -0.2) is 23.7 Å². The lowest BCUT2D eigenvalue weighted by Gasteiger charge is -2.12. The molecule has 1 N–H and O–H groups in total. The van der Waals surface area contributed by atoms with Crippen molar-refractivity contribution in [2.75, 3.05) is 13.7 Å². The number of nitrogens with zero attached hydrogens (tertiary/aromatic N) is 2. The summed E-state index contributed by atoms with van der Waals surface area (Å²) in [4.78, 5) is 9.35. The number of rotatable bonds is 5. The molecule has 17 heavy (non-hydrogen) atoms. The second-order valence-corrected chi connectivity index (χ2v) is 4.80. The van der Waals surface area contributed by atoms with Gasteiger partial charge in [-0.25, -0.2) is 9.97 Å². The van der Waals surface area contributed by atoms with Crippen molar-refractivity contribution in [2.24, 2.45) is 0 Å². The van der Waals surface area contributed by atoms with Crippen molar-refractivity contribution >= 4 is 0 Å². The molecule has 2 heterocycles. The maximum atomic E-state index is 5.07. The summed E-state index contributed by atoms with van der Waals surface area (Å²) in [5, 5.41) is 3.35. The molecule has 1 aliphatic rings. The van der Waals surface area contributed by atoms with E-state index in [1.165, 1.54) is 17.0 Å². The van der Waals surface area contributed by atoms with Crippen LogP contribution >= 0.6 is 0 Å². The van der Waals surface area contributed by atoms with Crippen molar-refractivity contribution in [3.63, 3.8) is 0 Å². The van der Waals surface area contributed by atoms with Crippen LogP contribution in [0, 0.1) is 0 Å². The zero-order chi connectivity index (χ0) is 12.3. The topological polar surface area (TPSA) is 47.0 Å². The van der Waals surface area contributed by atoms with Crippen LogP contribution in [0.3, 0.4) is 0 Å². The SMILES string of the molecule is COCCCc1nc2c(c(C(C)C)n1)CNC2. The molecule has 1 aromatic heterocycles. The Balaban J connectivity index is 2.20. The second kappa shape index (κ2) is 5.56. The summed E-state index contributed by atoms with van der Waals surface area (Å²) >= 11 is 0. The fourth-order valence-corrected chi connectivity index (χ4v) is 2.21. The average molecular weight is 235 g/mol. The fourth-order valence-electron chi connectivity index (χ4n) is 2.21. The zero-order valence-corrected chi connectivity index (χ0v) is 10.9. The van der Waals surface area contributed by atoms with Crippen molar-refractivity contribution in [2.45, 2.75) is 45.7 Å². The molecule has 0 amide bonds. The lowest BCUT2D eigenvalue weighted by molar-refractivity contribution is 0.194. The number of hydrogen-bond donors (Lipinski definition) is 1. The van der Waals surface area contributed by atoms with Gasteiger partial charge in [-0.1, -0.05) is 13.8 Å². The number of methoxy groups -OCH3 is 1. The molecule has 4 heteroatoms. The highest BCUT2D eigenvalue weighted by Gasteiger charge is 2.20. The standard InChI is InChI=1S/C13H21N3O/c1-9(2)13-10-7-14-8-11(10)15-12(16-13)5-4-6-17-3/h9,14H,4-8H2,1-3H3. The molecule has 0 spiro atoms. The van der Waals surface area contributed by atoms with Crippen LogP contribution in [0.2, 0.25) is 0 Å². The highest BCUT2D eigenvalue weighted by molar-refractivity contribution is 5.31. The van der Waals surface area contributed by atoms with Crippen LogP contribution in [0.15, 0.2) is 0 Å². The molecule has 0 saturated carbocycles. The Hall–Kier alpha value is -1.00. The lowest BCUT2D eigenvalue weighted by atomic mass is 10.0. The Morgan fingerprint density at radius 1 is 1.29 bits per heavy atom. The van der Waals surface area contributed by atoms with Gasteiger partial charge in [-0.3, -0.25) is 0 Å². The third-order valence-electron chi connectivity index (χ3n) is 3.06. The van der Waals surface area contributed by atoms with Crippen LogP contribution < -0.4 is 5.32 Å². The third-order valence-corrected chi connectivity index (χ3v) is 3.06. The van der Waals surface area contributed by atoms with E-state index in [-0.39, 0.29) is 0 Å². The highest BCUT2D eigenvalue weighted by atomic mass is 16.5. The van der Waals surface area contributed by atoms with E-state index < -0.39 is 0 Å². The maximum absolute atomic E-state index is 5.07. The maximum Gasteiger partial charge on any atom is 0.129 e.